The molecule has 102 valence electrons. The van der Waals surface area contributed by atoms with E-state index in [0.717, 1.165) is 22.0 Å². The third kappa shape index (κ3) is 1.92. The second-order valence-electron chi connectivity index (χ2n) is 4.96. The highest BCUT2D eigenvalue weighted by Crippen LogP contribution is 2.29. The summed E-state index contributed by atoms with van der Waals surface area (Å²) >= 11 is 0. The highest BCUT2D eigenvalue weighted by molar-refractivity contribution is 5.94. The van der Waals surface area contributed by atoms with E-state index in [0.29, 0.717) is 11.7 Å². The zero-order valence-electron chi connectivity index (χ0n) is 11.5. The maximum Gasteiger partial charge on any atom is 0.258 e. The monoisotopic (exact) mass is 275 g/mol. The Kier molecular flexibility index (Phi) is 2.60. The van der Waals surface area contributed by atoms with Gasteiger partial charge in [0.05, 0.1) is 0 Å². The van der Waals surface area contributed by atoms with Crippen LogP contribution in [-0.2, 0) is 7.05 Å². The molecule has 2 aromatic carbocycles. The van der Waals surface area contributed by atoms with E-state index in [1.165, 1.54) is 0 Å². The van der Waals surface area contributed by atoms with Gasteiger partial charge < -0.3 is 9.09 Å². The minimum atomic E-state index is 0.540. The fraction of sp³-hybridized carbons (Fsp3) is 0.0588. The van der Waals surface area contributed by atoms with E-state index < -0.39 is 0 Å². The van der Waals surface area contributed by atoms with E-state index in [1.54, 1.807) is 0 Å². The molecule has 0 amide bonds. The van der Waals surface area contributed by atoms with Crippen LogP contribution in [0.15, 0.2) is 65.3 Å². The number of aryl methyl sites for hydroxylation is 1. The van der Waals surface area contributed by atoms with Crippen molar-refractivity contribution in [2.24, 2.45) is 7.05 Å². The average molecular weight is 275 g/mol. The van der Waals surface area contributed by atoms with Gasteiger partial charge in [0.25, 0.3) is 5.89 Å². The van der Waals surface area contributed by atoms with Crippen LogP contribution in [0.1, 0.15) is 0 Å². The third-order valence-electron chi connectivity index (χ3n) is 3.58. The SMILES string of the molecule is Cn1cc(-c2noc(-c3ccccc3)n2)c2ccccc21. The van der Waals surface area contributed by atoms with Crippen molar-refractivity contribution in [2.75, 3.05) is 0 Å². The Bertz CT molecular complexity index is 906. The van der Waals surface area contributed by atoms with Crippen molar-refractivity contribution >= 4 is 10.9 Å². The Morgan fingerprint density at radius 3 is 2.57 bits per heavy atom. The number of para-hydroxylation sites is 1. The van der Waals surface area contributed by atoms with E-state index in [2.05, 4.69) is 26.8 Å². The van der Waals surface area contributed by atoms with Gasteiger partial charge in [-0.3, -0.25) is 0 Å². The van der Waals surface area contributed by atoms with Crippen molar-refractivity contribution in [1.29, 1.82) is 0 Å². The summed E-state index contributed by atoms with van der Waals surface area (Å²) in [4.78, 5) is 4.52. The minimum absolute atomic E-state index is 0.540. The molecule has 0 saturated carbocycles. The van der Waals surface area contributed by atoms with Gasteiger partial charge in [-0.1, -0.05) is 41.6 Å². The van der Waals surface area contributed by atoms with E-state index in [1.807, 2.05) is 55.7 Å². The Hall–Kier alpha value is -2.88. The summed E-state index contributed by atoms with van der Waals surface area (Å²) in [5.74, 6) is 1.16. The molecule has 4 nitrogen and oxygen atoms in total. The predicted molar refractivity (Wildman–Crippen MR) is 81.6 cm³/mol. The van der Waals surface area contributed by atoms with Gasteiger partial charge >= 0.3 is 0 Å². The van der Waals surface area contributed by atoms with E-state index >= 15 is 0 Å². The molecule has 0 radical (unpaired) electrons. The largest absolute Gasteiger partial charge is 0.350 e. The minimum Gasteiger partial charge on any atom is -0.350 e. The van der Waals surface area contributed by atoms with E-state index in [9.17, 15) is 0 Å². The molecule has 0 N–H and O–H groups in total. The summed E-state index contributed by atoms with van der Waals surface area (Å²) in [6.45, 7) is 0. The van der Waals surface area contributed by atoms with Crippen LogP contribution in [0.5, 0.6) is 0 Å². The Morgan fingerprint density at radius 2 is 1.71 bits per heavy atom. The summed E-state index contributed by atoms with van der Waals surface area (Å²) < 4.78 is 7.47. The molecule has 2 aromatic heterocycles. The van der Waals surface area contributed by atoms with Crippen molar-refractivity contribution in [3.63, 3.8) is 0 Å². The van der Waals surface area contributed by atoms with Crippen LogP contribution in [0.3, 0.4) is 0 Å². The molecule has 0 spiro atoms. The van der Waals surface area contributed by atoms with Gasteiger partial charge in [-0.15, -0.1) is 0 Å². The number of benzene rings is 2. The first-order valence-corrected chi connectivity index (χ1v) is 6.76. The fourth-order valence-corrected chi connectivity index (χ4v) is 2.55. The Morgan fingerprint density at radius 1 is 0.952 bits per heavy atom. The molecule has 0 bridgehead atoms. The number of nitrogens with zero attached hydrogens (tertiary/aromatic N) is 3. The second kappa shape index (κ2) is 4.59. The van der Waals surface area contributed by atoms with Crippen LogP contribution >= 0.6 is 0 Å². The number of hydrogen-bond acceptors (Lipinski definition) is 3. The van der Waals surface area contributed by atoms with Crippen LogP contribution < -0.4 is 0 Å². The van der Waals surface area contributed by atoms with Gasteiger partial charge in [0.15, 0.2) is 0 Å². The van der Waals surface area contributed by atoms with Crippen LogP contribution in [0.4, 0.5) is 0 Å². The quantitative estimate of drug-likeness (QED) is 0.557. The molecule has 4 heteroatoms. The van der Waals surface area contributed by atoms with Crippen molar-refractivity contribution in [3.8, 4) is 22.8 Å². The Labute approximate surface area is 121 Å². The van der Waals surface area contributed by atoms with Crippen molar-refractivity contribution in [3.05, 3.63) is 60.8 Å². The number of rotatable bonds is 2. The fourth-order valence-electron chi connectivity index (χ4n) is 2.55. The van der Waals surface area contributed by atoms with Crippen LogP contribution in [0.2, 0.25) is 0 Å². The topological polar surface area (TPSA) is 43.9 Å². The van der Waals surface area contributed by atoms with Crippen LogP contribution in [0, 0.1) is 0 Å². The molecule has 0 unspecified atom stereocenters. The molecule has 4 rings (SSSR count). The van der Waals surface area contributed by atoms with Gasteiger partial charge in [0.1, 0.15) is 0 Å². The standard InChI is InChI=1S/C17H13N3O/c1-20-11-14(13-9-5-6-10-15(13)20)16-18-17(21-19-16)12-7-3-2-4-8-12/h2-11H,1H3. The highest BCUT2D eigenvalue weighted by atomic mass is 16.5. The second-order valence-corrected chi connectivity index (χ2v) is 4.96. The molecule has 0 aliphatic carbocycles. The molecular weight excluding hydrogens is 262 g/mol. The molecule has 21 heavy (non-hydrogen) atoms. The average Bonchev–Trinajstić information content (AvgIpc) is 3.14. The molecular formula is C17H13N3O. The smallest absolute Gasteiger partial charge is 0.258 e. The summed E-state index contributed by atoms with van der Waals surface area (Å²) in [5, 5.41) is 5.25. The maximum atomic E-state index is 5.39. The summed E-state index contributed by atoms with van der Waals surface area (Å²) in [5.41, 5.74) is 3.06. The van der Waals surface area contributed by atoms with E-state index in [-0.39, 0.29) is 0 Å². The van der Waals surface area contributed by atoms with E-state index in [4.69, 9.17) is 4.52 Å². The molecule has 0 atom stereocenters. The van der Waals surface area contributed by atoms with Gasteiger partial charge in [0, 0.05) is 35.3 Å². The first kappa shape index (κ1) is 11.9. The van der Waals surface area contributed by atoms with Crippen LogP contribution in [0.25, 0.3) is 33.7 Å². The maximum absolute atomic E-state index is 5.39. The first-order chi connectivity index (χ1) is 10.3. The normalized spacial score (nSPS) is 11.1. The number of aromatic nitrogens is 3. The van der Waals surface area contributed by atoms with Gasteiger partial charge in [0.2, 0.25) is 5.82 Å². The summed E-state index contributed by atoms with van der Waals surface area (Å²) in [6.07, 6.45) is 2.03. The lowest BCUT2D eigenvalue weighted by Crippen LogP contribution is -1.82. The zero-order valence-corrected chi connectivity index (χ0v) is 11.5. The van der Waals surface area contributed by atoms with Gasteiger partial charge in [-0.25, -0.2) is 0 Å². The lowest BCUT2D eigenvalue weighted by atomic mass is 10.1. The van der Waals surface area contributed by atoms with Crippen molar-refractivity contribution in [2.45, 2.75) is 0 Å². The molecule has 0 aliphatic heterocycles. The van der Waals surface area contributed by atoms with Crippen molar-refractivity contribution < 1.29 is 4.52 Å². The van der Waals surface area contributed by atoms with Crippen LogP contribution in [-0.4, -0.2) is 14.7 Å². The van der Waals surface area contributed by atoms with Gasteiger partial charge in [-0.05, 0) is 18.2 Å². The highest BCUT2D eigenvalue weighted by Gasteiger charge is 2.15. The molecule has 2 heterocycles. The third-order valence-corrected chi connectivity index (χ3v) is 3.58. The number of fused-ring (bicyclic) bond motifs is 1. The summed E-state index contributed by atoms with van der Waals surface area (Å²) in [6, 6.07) is 18.0. The molecule has 0 aliphatic rings. The lowest BCUT2D eigenvalue weighted by Gasteiger charge is -1.93. The first-order valence-electron chi connectivity index (χ1n) is 6.76. The predicted octanol–water partition coefficient (Wildman–Crippen LogP) is 3.90. The van der Waals surface area contributed by atoms with Gasteiger partial charge in [-0.2, -0.15) is 4.98 Å². The zero-order chi connectivity index (χ0) is 14.2. The lowest BCUT2D eigenvalue weighted by molar-refractivity contribution is 0.432. The molecule has 4 aromatic rings. The summed E-state index contributed by atoms with van der Waals surface area (Å²) in [7, 11) is 2.02. The molecule has 0 saturated heterocycles. The molecule has 0 fully saturated rings. The Balaban J connectivity index is 1.85. The van der Waals surface area contributed by atoms with Crippen molar-refractivity contribution in [1.82, 2.24) is 14.7 Å². The number of hydrogen-bond donors (Lipinski definition) is 0.